The van der Waals surface area contributed by atoms with Crippen molar-refractivity contribution in [2.24, 2.45) is 4.99 Å². The van der Waals surface area contributed by atoms with Gasteiger partial charge in [-0.1, -0.05) is 30.3 Å². The largest absolute Gasteiger partial charge is 0.402 e. The van der Waals surface area contributed by atoms with Crippen molar-refractivity contribution >= 4 is 23.6 Å². The van der Waals surface area contributed by atoms with Gasteiger partial charge in [-0.2, -0.15) is 0 Å². The number of carbonyl (C=O) groups is 1. The van der Waals surface area contributed by atoms with E-state index in [0.29, 0.717) is 0 Å². The molecule has 7 heteroatoms. The van der Waals surface area contributed by atoms with Gasteiger partial charge in [-0.25, -0.2) is 14.2 Å². The zero-order valence-corrected chi connectivity index (χ0v) is 11.6. The van der Waals surface area contributed by atoms with Crippen LogP contribution in [0.3, 0.4) is 0 Å². The predicted octanol–water partition coefficient (Wildman–Crippen LogP) is 3.08. The molecule has 23 heavy (non-hydrogen) atoms. The second kappa shape index (κ2) is 5.80. The molecular weight excluding hydrogens is 303 g/mol. The fourth-order valence-corrected chi connectivity index (χ4v) is 2.08. The summed E-state index contributed by atoms with van der Waals surface area (Å²) >= 11 is 0. The van der Waals surface area contributed by atoms with Gasteiger partial charge in [0.2, 0.25) is 5.90 Å². The normalized spacial score (nSPS) is 15.4. The van der Waals surface area contributed by atoms with Gasteiger partial charge in [-0.3, -0.25) is 10.1 Å². The maximum absolute atomic E-state index is 13.6. The first kappa shape index (κ1) is 14.6. The lowest BCUT2D eigenvalue weighted by Gasteiger charge is -2.00. The number of nitro groups is 1. The van der Waals surface area contributed by atoms with Crippen LogP contribution in [0.4, 0.5) is 10.1 Å². The van der Waals surface area contributed by atoms with Gasteiger partial charge >= 0.3 is 5.97 Å². The molecule has 0 radical (unpaired) electrons. The molecule has 0 aromatic heterocycles. The number of hydrogen-bond acceptors (Lipinski definition) is 5. The molecule has 0 aliphatic carbocycles. The van der Waals surface area contributed by atoms with E-state index in [1.54, 1.807) is 12.1 Å². The molecule has 0 saturated carbocycles. The number of cyclic esters (lactones) is 1. The summed E-state index contributed by atoms with van der Waals surface area (Å²) < 4.78 is 18.6. The van der Waals surface area contributed by atoms with E-state index < -0.39 is 16.7 Å². The van der Waals surface area contributed by atoms with Crippen LogP contribution in [0.2, 0.25) is 0 Å². The maximum Gasteiger partial charge on any atom is 0.363 e. The zero-order chi connectivity index (χ0) is 16.4. The Labute approximate surface area is 129 Å². The van der Waals surface area contributed by atoms with E-state index in [1.807, 2.05) is 0 Å². The highest BCUT2D eigenvalue weighted by atomic mass is 19.1. The van der Waals surface area contributed by atoms with E-state index >= 15 is 0 Å². The number of esters is 1. The van der Waals surface area contributed by atoms with Gasteiger partial charge < -0.3 is 4.74 Å². The number of nitro benzene ring substituents is 1. The predicted molar refractivity (Wildman–Crippen MR) is 80.1 cm³/mol. The van der Waals surface area contributed by atoms with Gasteiger partial charge in [0.1, 0.15) is 11.4 Å². The fourth-order valence-electron chi connectivity index (χ4n) is 2.08. The van der Waals surface area contributed by atoms with Crippen LogP contribution in [-0.2, 0) is 9.53 Å². The number of carbonyl (C=O) groups excluding carboxylic acids is 1. The highest BCUT2D eigenvalue weighted by Crippen LogP contribution is 2.25. The first-order valence-electron chi connectivity index (χ1n) is 6.57. The van der Waals surface area contributed by atoms with Gasteiger partial charge in [0, 0.05) is 11.6 Å². The molecule has 6 nitrogen and oxygen atoms in total. The third kappa shape index (κ3) is 2.84. The Morgan fingerprint density at radius 2 is 1.83 bits per heavy atom. The fraction of sp³-hybridized carbons (Fsp3) is 0. The molecule has 1 aliphatic heterocycles. The van der Waals surface area contributed by atoms with Crippen LogP contribution in [-0.4, -0.2) is 16.8 Å². The Bertz CT molecular complexity index is 874. The Morgan fingerprint density at radius 3 is 2.57 bits per heavy atom. The molecule has 3 rings (SSSR count). The summed E-state index contributed by atoms with van der Waals surface area (Å²) in [7, 11) is 0. The minimum Gasteiger partial charge on any atom is -0.402 e. The molecule has 114 valence electrons. The zero-order valence-electron chi connectivity index (χ0n) is 11.6. The van der Waals surface area contributed by atoms with Crippen molar-refractivity contribution in [1.82, 2.24) is 0 Å². The second-order valence-corrected chi connectivity index (χ2v) is 4.63. The van der Waals surface area contributed by atoms with Crippen LogP contribution in [0.5, 0.6) is 0 Å². The number of benzene rings is 2. The van der Waals surface area contributed by atoms with Gasteiger partial charge in [0.05, 0.1) is 4.92 Å². The summed E-state index contributed by atoms with van der Waals surface area (Å²) in [4.78, 5) is 26.2. The molecule has 2 aromatic carbocycles. The molecule has 1 aliphatic rings. The van der Waals surface area contributed by atoms with Gasteiger partial charge in [-0.15, -0.1) is 0 Å². The Kier molecular flexibility index (Phi) is 3.68. The maximum atomic E-state index is 13.6. The topological polar surface area (TPSA) is 81.8 Å². The number of hydrogen-bond donors (Lipinski definition) is 0. The van der Waals surface area contributed by atoms with E-state index in [4.69, 9.17) is 4.74 Å². The summed E-state index contributed by atoms with van der Waals surface area (Å²) in [6.45, 7) is 0. The van der Waals surface area contributed by atoms with Crippen molar-refractivity contribution in [3.63, 3.8) is 0 Å². The lowest BCUT2D eigenvalue weighted by molar-refractivity contribution is -0.385. The van der Waals surface area contributed by atoms with Crippen LogP contribution in [0.1, 0.15) is 11.1 Å². The summed E-state index contributed by atoms with van der Waals surface area (Å²) in [5.74, 6) is -1.48. The molecular formula is C16H9FN2O4. The van der Waals surface area contributed by atoms with Gasteiger partial charge in [-0.05, 0) is 18.2 Å². The summed E-state index contributed by atoms with van der Waals surface area (Å²) in [5.41, 5.74) is -0.0933. The van der Waals surface area contributed by atoms with Crippen LogP contribution in [0, 0.1) is 15.9 Å². The average Bonchev–Trinajstić information content (AvgIpc) is 2.90. The molecule has 0 unspecified atom stereocenters. The molecule has 2 aromatic rings. The minimum atomic E-state index is -0.790. The second-order valence-electron chi connectivity index (χ2n) is 4.63. The third-order valence-corrected chi connectivity index (χ3v) is 3.15. The average molecular weight is 312 g/mol. The SMILES string of the molecule is O=C1OC(c2ccccc2[N+](=O)[O-])=N/C1=C/c1ccccc1F. The van der Waals surface area contributed by atoms with Crippen LogP contribution >= 0.6 is 0 Å². The molecule has 0 N–H and O–H groups in total. The first-order valence-corrected chi connectivity index (χ1v) is 6.57. The summed E-state index contributed by atoms with van der Waals surface area (Å²) in [6, 6.07) is 11.6. The third-order valence-electron chi connectivity index (χ3n) is 3.15. The van der Waals surface area contributed by atoms with Crippen molar-refractivity contribution in [3.05, 3.63) is 81.3 Å². The van der Waals surface area contributed by atoms with Crippen LogP contribution in [0.15, 0.2) is 59.2 Å². The highest BCUT2D eigenvalue weighted by molar-refractivity contribution is 6.14. The highest BCUT2D eigenvalue weighted by Gasteiger charge is 2.29. The van der Waals surface area contributed by atoms with E-state index in [1.165, 1.54) is 42.5 Å². The minimum absolute atomic E-state index is 0.0859. The van der Waals surface area contributed by atoms with Crippen molar-refractivity contribution < 1.29 is 18.8 Å². The summed E-state index contributed by atoms with van der Waals surface area (Å²) in [5, 5.41) is 11.0. The van der Waals surface area contributed by atoms with Crippen molar-refractivity contribution in [2.75, 3.05) is 0 Å². The van der Waals surface area contributed by atoms with E-state index in [2.05, 4.69) is 4.99 Å². The number of nitrogens with zero attached hydrogens (tertiary/aromatic N) is 2. The smallest absolute Gasteiger partial charge is 0.363 e. The molecule has 0 atom stereocenters. The van der Waals surface area contributed by atoms with E-state index in [0.717, 1.165) is 0 Å². The molecule has 0 saturated heterocycles. The molecule has 0 fully saturated rings. The monoisotopic (exact) mass is 312 g/mol. The lowest BCUT2D eigenvalue weighted by atomic mass is 10.2. The van der Waals surface area contributed by atoms with Gasteiger partial charge in [0.25, 0.3) is 5.69 Å². The quantitative estimate of drug-likeness (QED) is 0.377. The van der Waals surface area contributed by atoms with Crippen molar-refractivity contribution in [2.45, 2.75) is 0 Å². The Morgan fingerprint density at radius 1 is 1.13 bits per heavy atom. The molecule has 0 bridgehead atoms. The Hall–Kier alpha value is -3.35. The number of aliphatic imine (C=N–C) groups is 1. The van der Waals surface area contributed by atoms with Crippen molar-refractivity contribution in [3.8, 4) is 0 Å². The van der Waals surface area contributed by atoms with Crippen LogP contribution in [0.25, 0.3) is 6.08 Å². The van der Waals surface area contributed by atoms with Crippen molar-refractivity contribution in [1.29, 1.82) is 0 Å². The standard InChI is InChI=1S/C16H9FN2O4/c17-12-7-3-1-5-10(12)9-13-16(20)23-15(18-13)11-6-2-4-8-14(11)19(21)22/h1-9H/b13-9+. The number of ether oxygens (including phenoxy) is 1. The molecule has 1 heterocycles. The number of rotatable bonds is 3. The molecule has 0 spiro atoms. The van der Waals surface area contributed by atoms with E-state index in [-0.39, 0.29) is 28.4 Å². The summed E-state index contributed by atoms with van der Waals surface area (Å²) in [6.07, 6.45) is 1.24. The van der Waals surface area contributed by atoms with Gasteiger partial charge in [0.15, 0.2) is 5.70 Å². The Balaban J connectivity index is 2.03. The number of halogens is 1. The first-order chi connectivity index (χ1) is 11.1. The number of para-hydroxylation sites is 1. The van der Waals surface area contributed by atoms with Crippen LogP contribution < -0.4 is 0 Å². The van der Waals surface area contributed by atoms with E-state index in [9.17, 15) is 19.3 Å². The molecule has 0 amide bonds. The lowest BCUT2D eigenvalue weighted by Crippen LogP contribution is -2.07.